The van der Waals surface area contributed by atoms with Crippen molar-refractivity contribution in [3.8, 4) is 0 Å². The Morgan fingerprint density at radius 3 is 2.76 bits per heavy atom. The standard InChI is InChI=1S/C14H25NO2/c1-11(2)15-8-6-5-7-13(15)9-12(3)10-14(16)17-4/h11,13H,3,5-10H2,1-2,4H3. The fraction of sp³-hybridized carbons (Fsp3) is 0.786. The minimum atomic E-state index is -0.179. The Morgan fingerprint density at radius 2 is 2.18 bits per heavy atom. The Bertz CT molecular complexity index is 273. The van der Waals surface area contributed by atoms with E-state index >= 15 is 0 Å². The Labute approximate surface area is 105 Å². The van der Waals surface area contributed by atoms with Gasteiger partial charge < -0.3 is 4.74 Å². The van der Waals surface area contributed by atoms with Crippen molar-refractivity contribution >= 4 is 5.97 Å². The number of carbonyl (C=O) groups is 1. The molecule has 98 valence electrons. The van der Waals surface area contributed by atoms with Gasteiger partial charge in [-0.15, -0.1) is 0 Å². The van der Waals surface area contributed by atoms with E-state index in [1.165, 1.54) is 32.9 Å². The monoisotopic (exact) mass is 239 g/mol. The van der Waals surface area contributed by atoms with Crippen LogP contribution in [0.5, 0.6) is 0 Å². The van der Waals surface area contributed by atoms with Gasteiger partial charge in [-0.1, -0.05) is 18.6 Å². The lowest BCUT2D eigenvalue weighted by Crippen LogP contribution is -2.44. The summed E-state index contributed by atoms with van der Waals surface area (Å²) in [4.78, 5) is 13.7. The summed E-state index contributed by atoms with van der Waals surface area (Å²) in [6.07, 6.45) is 5.09. The second kappa shape index (κ2) is 6.80. The average molecular weight is 239 g/mol. The van der Waals surface area contributed by atoms with E-state index in [0.29, 0.717) is 18.5 Å². The molecule has 0 aromatic carbocycles. The molecule has 0 aromatic rings. The quantitative estimate of drug-likeness (QED) is 0.546. The Balaban J connectivity index is 2.47. The van der Waals surface area contributed by atoms with Crippen LogP contribution in [0, 0.1) is 0 Å². The fourth-order valence-corrected chi connectivity index (χ4v) is 2.60. The van der Waals surface area contributed by atoms with Crippen molar-refractivity contribution in [3.05, 3.63) is 12.2 Å². The lowest BCUT2D eigenvalue weighted by Gasteiger charge is -2.39. The molecule has 0 radical (unpaired) electrons. The van der Waals surface area contributed by atoms with E-state index in [-0.39, 0.29) is 5.97 Å². The van der Waals surface area contributed by atoms with Gasteiger partial charge in [-0.25, -0.2) is 0 Å². The number of piperidine rings is 1. The zero-order valence-corrected chi connectivity index (χ0v) is 11.4. The van der Waals surface area contributed by atoms with Gasteiger partial charge in [0.05, 0.1) is 13.5 Å². The summed E-state index contributed by atoms with van der Waals surface area (Å²) in [5.41, 5.74) is 0.995. The molecule has 0 bridgehead atoms. The highest BCUT2D eigenvalue weighted by Crippen LogP contribution is 2.25. The number of hydrogen-bond donors (Lipinski definition) is 0. The molecule has 1 aliphatic rings. The first-order valence-corrected chi connectivity index (χ1v) is 6.53. The third-order valence-electron chi connectivity index (χ3n) is 3.48. The second-order valence-electron chi connectivity index (χ2n) is 5.19. The van der Waals surface area contributed by atoms with E-state index in [2.05, 4.69) is 30.1 Å². The molecular weight excluding hydrogens is 214 g/mol. The Hall–Kier alpha value is -0.830. The molecule has 0 amide bonds. The van der Waals surface area contributed by atoms with Crippen molar-refractivity contribution in [1.82, 2.24) is 4.90 Å². The van der Waals surface area contributed by atoms with Crippen molar-refractivity contribution in [2.45, 2.75) is 58.0 Å². The third-order valence-corrected chi connectivity index (χ3v) is 3.48. The molecule has 0 aliphatic carbocycles. The first-order valence-electron chi connectivity index (χ1n) is 6.53. The molecule has 1 saturated heterocycles. The number of methoxy groups -OCH3 is 1. The van der Waals surface area contributed by atoms with Crippen LogP contribution in [0.2, 0.25) is 0 Å². The van der Waals surface area contributed by atoms with Crippen molar-refractivity contribution < 1.29 is 9.53 Å². The van der Waals surface area contributed by atoms with E-state index in [1.807, 2.05) is 0 Å². The molecule has 1 atom stereocenters. The largest absolute Gasteiger partial charge is 0.469 e. The molecule has 0 spiro atoms. The maximum Gasteiger partial charge on any atom is 0.309 e. The summed E-state index contributed by atoms with van der Waals surface area (Å²) in [6.45, 7) is 9.65. The molecule has 0 N–H and O–H groups in total. The molecule has 1 aliphatic heterocycles. The molecule has 3 heteroatoms. The first kappa shape index (κ1) is 14.2. The van der Waals surface area contributed by atoms with E-state index in [4.69, 9.17) is 0 Å². The summed E-state index contributed by atoms with van der Waals surface area (Å²) in [5.74, 6) is -0.179. The average Bonchev–Trinajstić information content (AvgIpc) is 2.29. The highest BCUT2D eigenvalue weighted by Gasteiger charge is 2.25. The first-order chi connectivity index (χ1) is 8.04. The second-order valence-corrected chi connectivity index (χ2v) is 5.19. The highest BCUT2D eigenvalue weighted by molar-refractivity contribution is 5.72. The van der Waals surface area contributed by atoms with Crippen LogP contribution in [0.3, 0.4) is 0 Å². The molecule has 1 unspecified atom stereocenters. The smallest absolute Gasteiger partial charge is 0.309 e. The summed E-state index contributed by atoms with van der Waals surface area (Å²) in [5, 5.41) is 0. The number of rotatable bonds is 5. The van der Waals surface area contributed by atoms with Crippen molar-refractivity contribution in [2.75, 3.05) is 13.7 Å². The summed E-state index contributed by atoms with van der Waals surface area (Å²) < 4.78 is 4.67. The number of carbonyl (C=O) groups excluding carboxylic acids is 1. The molecule has 1 fully saturated rings. The Morgan fingerprint density at radius 1 is 1.47 bits per heavy atom. The van der Waals surface area contributed by atoms with Crippen LogP contribution in [-0.4, -0.2) is 36.6 Å². The number of hydrogen-bond acceptors (Lipinski definition) is 3. The number of nitrogens with zero attached hydrogens (tertiary/aromatic N) is 1. The molecule has 0 saturated carbocycles. The fourth-order valence-electron chi connectivity index (χ4n) is 2.60. The van der Waals surface area contributed by atoms with Gasteiger partial charge in [-0.2, -0.15) is 0 Å². The van der Waals surface area contributed by atoms with Gasteiger partial charge in [0.15, 0.2) is 0 Å². The van der Waals surface area contributed by atoms with Crippen LogP contribution in [0.15, 0.2) is 12.2 Å². The van der Waals surface area contributed by atoms with Gasteiger partial charge in [-0.05, 0) is 39.7 Å². The zero-order chi connectivity index (χ0) is 12.8. The van der Waals surface area contributed by atoms with E-state index in [0.717, 1.165) is 12.0 Å². The minimum Gasteiger partial charge on any atom is -0.469 e. The SMILES string of the molecule is C=C(CC(=O)OC)CC1CCCCN1C(C)C. The van der Waals surface area contributed by atoms with Gasteiger partial charge in [-0.3, -0.25) is 9.69 Å². The summed E-state index contributed by atoms with van der Waals surface area (Å²) in [7, 11) is 1.43. The summed E-state index contributed by atoms with van der Waals surface area (Å²) in [6, 6.07) is 1.13. The van der Waals surface area contributed by atoms with E-state index in [9.17, 15) is 4.79 Å². The van der Waals surface area contributed by atoms with E-state index in [1.54, 1.807) is 0 Å². The van der Waals surface area contributed by atoms with Crippen LogP contribution in [0.25, 0.3) is 0 Å². The maximum absolute atomic E-state index is 11.2. The van der Waals surface area contributed by atoms with Gasteiger partial charge in [0.1, 0.15) is 0 Å². The van der Waals surface area contributed by atoms with Crippen molar-refractivity contribution in [3.63, 3.8) is 0 Å². The lowest BCUT2D eigenvalue weighted by atomic mass is 9.94. The van der Waals surface area contributed by atoms with Gasteiger partial charge in [0.25, 0.3) is 0 Å². The summed E-state index contributed by atoms with van der Waals surface area (Å²) >= 11 is 0. The maximum atomic E-state index is 11.2. The molecule has 17 heavy (non-hydrogen) atoms. The zero-order valence-electron chi connectivity index (χ0n) is 11.4. The predicted molar refractivity (Wildman–Crippen MR) is 69.9 cm³/mol. The Kier molecular flexibility index (Phi) is 5.69. The van der Waals surface area contributed by atoms with Crippen LogP contribution in [0.1, 0.15) is 46.0 Å². The van der Waals surface area contributed by atoms with Crippen LogP contribution >= 0.6 is 0 Å². The third kappa shape index (κ3) is 4.50. The number of esters is 1. The lowest BCUT2D eigenvalue weighted by molar-refractivity contribution is -0.139. The van der Waals surface area contributed by atoms with Crippen molar-refractivity contribution in [1.29, 1.82) is 0 Å². The van der Waals surface area contributed by atoms with E-state index < -0.39 is 0 Å². The molecule has 1 heterocycles. The molecule has 1 rings (SSSR count). The van der Waals surface area contributed by atoms with Gasteiger partial charge >= 0.3 is 5.97 Å². The highest BCUT2D eigenvalue weighted by atomic mass is 16.5. The topological polar surface area (TPSA) is 29.5 Å². The molecule has 3 nitrogen and oxygen atoms in total. The normalized spacial score (nSPS) is 21.5. The number of ether oxygens (including phenoxy) is 1. The van der Waals surface area contributed by atoms with Gasteiger partial charge in [0.2, 0.25) is 0 Å². The number of likely N-dealkylation sites (tertiary alicyclic amines) is 1. The minimum absolute atomic E-state index is 0.179. The van der Waals surface area contributed by atoms with Crippen molar-refractivity contribution in [2.24, 2.45) is 0 Å². The molecule has 0 aromatic heterocycles. The molecular formula is C14H25NO2. The van der Waals surface area contributed by atoms with Crippen LogP contribution < -0.4 is 0 Å². The predicted octanol–water partition coefficient (Wildman–Crippen LogP) is 2.76. The van der Waals surface area contributed by atoms with Gasteiger partial charge in [0, 0.05) is 12.1 Å². The van der Waals surface area contributed by atoms with Crippen LogP contribution in [-0.2, 0) is 9.53 Å². The van der Waals surface area contributed by atoms with Crippen LogP contribution in [0.4, 0.5) is 0 Å².